The second kappa shape index (κ2) is 6.50. The largest absolute Gasteiger partial charge is 0.444 e. The van der Waals surface area contributed by atoms with E-state index in [2.05, 4.69) is 10.0 Å². The molecule has 0 aromatic heterocycles. The Morgan fingerprint density at radius 2 is 2.25 bits per heavy atom. The van der Waals surface area contributed by atoms with Gasteiger partial charge in [-0.3, -0.25) is 4.90 Å². The van der Waals surface area contributed by atoms with Gasteiger partial charge in [-0.15, -0.1) is 0 Å². The van der Waals surface area contributed by atoms with Crippen LogP contribution in [0.1, 0.15) is 0 Å². The summed E-state index contributed by atoms with van der Waals surface area (Å²) < 4.78 is 19.6. The number of hydrogen-bond acceptors (Lipinski definition) is 4. The van der Waals surface area contributed by atoms with Crippen LogP contribution in [0.25, 0.3) is 10.4 Å². The van der Waals surface area contributed by atoms with Crippen LogP contribution in [-0.2, 0) is 4.74 Å². The maximum Gasteiger partial charge on any atom is 0.414 e. The molecule has 2 saturated heterocycles. The van der Waals surface area contributed by atoms with Crippen LogP contribution in [0.5, 0.6) is 0 Å². The number of hydrogen-bond donors (Lipinski definition) is 0. The standard InChI is InChI=1S/C14H15FN6O2S/c1-19-4-5-20(13(19)24)12-3-2-9(6-11(12)15)21-8-10(7-17-18-16)23-14(21)22/h2-3,6,10H,4-5,7-8H2,1H3. The smallest absolute Gasteiger partial charge is 0.414 e. The van der Waals surface area contributed by atoms with Crippen molar-refractivity contribution in [3.05, 3.63) is 34.5 Å². The normalized spacial score (nSPS) is 20.4. The van der Waals surface area contributed by atoms with E-state index in [0.29, 0.717) is 23.0 Å². The van der Waals surface area contributed by atoms with Gasteiger partial charge in [0.25, 0.3) is 0 Å². The fourth-order valence-corrected chi connectivity index (χ4v) is 2.99. The van der Waals surface area contributed by atoms with Crippen molar-refractivity contribution >= 4 is 34.8 Å². The van der Waals surface area contributed by atoms with E-state index in [-0.39, 0.29) is 13.1 Å². The van der Waals surface area contributed by atoms with Crippen molar-refractivity contribution in [3.63, 3.8) is 0 Å². The molecular formula is C14H15FN6O2S. The number of carbonyl (C=O) groups excluding carboxylic acids is 1. The topological polar surface area (TPSA) is 84.8 Å². The van der Waals surface area contributed by atoms with Crippen LogP contribution in [0, 0.1) is 5.82 Å². The summed E-state index contributed by atoms with van der Waals surface area (Å²) in [4.78, 5) is 19.5. The zero-order chi connectivity index (χ0) is 17.3. The van der Waals surface area contributed by atoms with E-state index >= 15 is 0 Å². The number of azide groups is 1. The number of ether oxygens (including phenoxy) is 1. The van der Waals surface area contributed by atoms with E-state index in [1.165, 1.54) is 11.0 Å². The van der Waals surface area contributed by atoms with Crippen molar-refractivity contribution in [2.24, 2.45) is 5.11 Å². The maximum atomic E-state index is 14.5. The summed E-state index contributed by atoms with van der Waals surface area (Å²) in [5, 5.41) is 3.96. The van der Waals surface area contributed by atoms with E-state index in [4.69, 9.17) is 22.5 Å². The lowest BCUT2D eigenvalue weighted by molar-refractivity contribution is 0.145. The lowest BCUT2D eigenvalue weighted by Gasteiger charge is -2.21. The van der Waals surface area contributed by atoms with E-state index in [9.17, 15) is 9.18 Å². The van der Waals surface area contributed by atoms with Gasteiger partial charge in [0, 0.05) is 25.0 Å². The van der Waals surface area contributed by atoms with Gasteiger partial charge in [-0.05, 0) is 35.9 Å². The molecule has 1 aromatic rings. The fraction of sp³-hybridized carbons (Fsp3) is 0.429. The van der Waals surface area contributed by atoms with Gasteiger partial charge in [0.05, 0.1) is 24.5 Å². The predicted molar refractivity (Wildman–Crippen MR) is 90.6 cm³/mol. The Hall–Kier alpha value is -2.58. The molecule has 24 heavy (non-hydrogen) atoms. The highest BCUT2D eigenvalue weighted by atomic mass is 32.1. The maximum absolute atomic E-state index is 14.5. The molecule has 0 N–H and O–H groups in total. The summed E-state index contributed by atoms with van der Waals surface area (Å²) in [6.07, 6.45) is -1.12. The molecule has 2 fully saturated rings. The van der Waals surface area contributed by atoms with Crippen molar-refractivity contribution in [2.45, 2.75) is 6.10 Å². The quantitative estimate of drug-likeness (QED) is 0.360. The summed E-state index contributed by atoms with van der Waals surface area (Å²) in [6, 6.07) is 4.54. The van der Waals surface area contributed by atoms with Crippen molar-refractivity contribution in [1.82, 2.24) is 4.90 Å². The molecule has 2 aliphatic heterocycles. The Morgan fingerprint density at radius 3 is 2.88 bits per heavy atom. The second-order valence-electron chi connectivity index (χ2n) is 5.52. The highest BCUT2D eigenvalue weighted by molar-refractivity contribution is 7.80. The number of likely N-dealkylation sites (N-methyl/N-ethyl adjacent to an activating group) is 1. The number of halogens is 1. The molecular weight excluding hydrogens is 335 g/mol. The number of benzene rings is 1. The average molecular weight is 350 g/mol. The number of cyclic esters (lactones) is 1. The number of carbonyl (C=O) groups is 1. The molecule has 0 radical (unpaired) electrons. The number of nitrogens with zero attached hydrogens (tertiary/aromatic N) is 6. The van der Waals surface area contributed by atoms with Crippen LogP contribution in [-0.4, -0.2) is 55.4 Å². The number of anilines is 2. The molecule has 8 nitrogen and oxygen atoms in total. The Morgan fingerprint density at radius 1 is 1.46 bits per heavy atom. The predicted octanol–water partition coefficient (Wildman–Crippen LogP) is 2.50. The molecule has 0 saturated carbocycles. The lowest BCUT2D eigenvalue weighted by atomic mass is 10.2. The number of rotatable bonds is 4. The summed E-state index contributed by atoms with van der Waals surface area (Å²) in [7, 11) is 1.86. The summed E-state index contributed by atoms with van der Waals surface area (Å²) >= 11 is 5.28. The average Bonchev–Trinajstić information content (AvgIpc) is 3.09. The van der Waals surface area contributed by atoms with Gasteiger partial charge < -0.3 is 14.5 Å². The van der Waals surface area contributed by atoms with Crippen LogP contribution in [0.2, 0.25) is 0 Å². The van der Waals surface area contributed by atoms with E-state index in [1.807, 2.05) is 11.9 Å². The third-order valence-corrected chi connectivity index (χ3v) is 4.50. The van der Waals surface area contributed by atoms with Gasteiger partial charge in [0.1, 0.15) is 11.9 Å². The molecule has 1 unspecified atom stereocenters. The fourth-order valence-electron chi connectivity index (χ4n) is 2.71. The lowest BCUT2D eigenvalue weighted by Crippen LogP contribution is -2.30. The van der Waals surface area contributed by atoms with Crippen molar-refractivity contribution in [1.29, 1.82) is 0 Å². The molecule has 0 spiro atoms. The van der Waals surface area contributed by atoms with E-state index in [0.717, 1.165) is 6.54 Å². The van der Waals surface area contributed by atoms with Crippen LogP contribution >= 0.6 is 12.2 Å². The van der Waals surface area contributed by atoms with Gasteiger partial charge >= 0.3 is 6.09 Å². The summed E-state index contributed by atoms with van der Waals surface area (Å²) in [5.74, 6) is -0.462. The Balaban J connectivity index is 1.79. The molecule has 1 aromatic carbocycles. The van der Waals surface area contributed by atoms with Crippen molar-refractivity contribution in [2.75, 3.05) is 43.0 Å². The zero-order valence-electron chi connectivity index (χ0n) is 12.9. The first-order valence-corrected chi connectivity index (χ1v) is 7.73. The van der Waals surface area contributed by atoms with Gasteiger partial charge in [-0.1, -0.05) is 5.11 Å². The van der Waals surface area contributed by atoms with Crippen molar-refractivity contribution < 1.29 is 13.9 Å². The van der Waals surface area contributed by atoms with Crippen LogP contribution in [0.3, 0.4) is 0 Å². The highest BCUT2D eigenvalue weighted by Gasteiger charge is 2.33. The summed E-state index contributed by atoms with van der Waals surface area (Å²) in [5.41, 5.74) is 9.09. The van der Waals surface area contributed by atoms with Crippen LogP contribution < -0.4 is 9.80 Å². The van der Waals surface area contributed by atoms with Crippen molar-refractivity contribution in [3.8, 4) is 0 Å². The SMILES string of the molecule is CN1CCN(c2ccc(N3CC(CN=[N+]=[N-])OC3=O)cc2F)C1=S. The third kappa shape index (κ3) is 2.93. The van der Waals surface area contributed by atoms with Crippen LogP contribution in [0.15, 0.2) is 23.3 Å². The molecule has 10 heteroatoms. The van der Waals surface area contributed by atoms with Gasteiger partial charge in [-0.2, -0.15) is 0 Å². The van der Waals surface area contributed by atoms with Gasteiger partial charge in [-0.25, -0.2) is 9.18 Å². The second-order valence-corrected chi connectivity index (χ2v) is 5.89. The molecule has 3 rings (SSSR count). The monoisotopic (exact) mass is 350 g/mol. The van der Waals surface area contributed by atoms with Gasteiger partial charge in [0.2, 0.25) is 0 Å². The molecule has 2 heterocycles. The number of thiocarbonyl (C=S) groups is 1. The Labute approximate surface area is 143 Å². The zero-order valence-corrected chi connectivity index (χ0v) is 13.7. The molecule has 0 aliphatic carbocycles. The minimum Gasteiger partial charge on any atom is -0.444 e. The van der Waals surface area contributed by atoms with Crippen LogP contribution in [0.4, 0.5) is 20.6 Å². The molecule has 1 atom stereocenters. The van der Waals surface area contributed by atoms with E-state index < -0.39 is 18.0 Å². The minimum absolute atomic E-state index is 0.0493. The first-order chi connectivity index (χ1) is 11.5. The first kappa shape index (κ1) is 16.3. The minimum atomic E-state index is -0.586. The third-order valence-electron chi connectivity index (χ3n) is 3.97. The van der Waals surface area contributed by atoms with E-state index in [1.54, 1.807) is 17.0 Å². The number of amides is 1. The Kier molecular flexibility index (Phi) is 4.41. The first-order valence-electron chi connectivity index (χ1n) is 7.32. The molecule has 0 bridgehead atoms. The summed E-state index contributed by atoms with van der Waals surface area (Å²) in [6.45, 7) is 1.61. The van der Waals surface area contributed by atoms with Gasteiger partial charge in [0.15, 0.2) is 5.11 Å². The highest BCUT2D eigenvalue weighted by Crippen LogP contribution is 2.29. The molecule has 1 amide bonds. The molecule has 126 valence electrons. The molecule has 2 aliphatic rings. The Bertz CT molecular complexity index is 738.